The van der Waals surface area contributed by atoms with Gasteiger partial charge in [-0.15, -0.1) is 0 Å². The Morgan fingerprint density at radius 3 is 2.37 bits per heavy atom. The number of amides is 2. The molecule has 1 aliphatic heterocycles. The van der Waals surface area contributed by atoms with E-state index in [0.29, 0.717) is 35.6 Å². The van der Waals surface area contributed by atoms with E-state index in [0.717, 1.165) is 6.07 Å². The maximum absolute atomic E-state index is 13.4. The van der Waals surface area contributed by atoms with Crippen LogP contribution < -0.4 is 14.8 Å². The summed E-state index contributed by atoms with van der Waals surface area (Å²) in [6, 6.07) is 11.6. The minimum absolute atomic E-state index is 0.0253. The van der Waals surface area contributed by atoms with Crippen molar-refractivity contribution in [2.45, 2.75) is 56.9 Å². The summed E-state index contributed by atoms with van der Waals surface area (Å²) in [5.41, 5.74) is -6.26. The summed E-state index contributed by atoms with van der Waals surface area (Å²) in [7, 11) is 1.48. The molecule has 2 amide bonds. The first-order valence-corrected chi connectivity index (χ1v) is 13.1. The highest BCUT2D eigenvalue weighted by Crippen LogP contribution is 2.50. The van der Waals surface area contributed by atoms with Gasteiger partial charge in [0.15, 0.2) is 5.72 Å². The zero-order chi connectivity index (χ0) is 31.6. The van der Waals surface area contributed by atoms with E-state index < -0.39 is 35.3 Å². The molecule has 0 bridgehead atoms. The summed E-state index contributed by atoms with van der Waals surface area (Å²) >= 11 is 0. The maximum Gasteiger partial charge on any atom is 0.430 e. The number of carbonyl (C=O) groups is 1. The van der Waals surface area contributed by atoms with Crippen LogP contribution in [0.4, 0.5) is 31.1 Å². The topological polar surface area (TPSA) is 93.2 Å². The minimum atomic E-state index is -6.00. The number of aryl methyl sites for hydroxylation is 1. The number of nitrogens with zero attached hydrogens (tertiary/aromatic N) is 2. The second-order valence-corrected chi connectivity index (χ2v) is 10.1. The van der Waals surface area contributed by atoms with Crippen LogP contribution >= 0.6 is 0 Å². The number of halogens is 6. The predicted octanol–water partition coefficient (Wildman–Crippen LogP) is 6.52. The zero-order valence-electron chi connectivity index (χ0n) is 23.3. The van der Waals surface area contributed by atoms with Gasteiger partial charge in [-0.3, -0.25) is 4.90 Å². The first-order valence-electron chi connectivity index (χ1n) is 13.1. The summed E-state index contributed by atoms with van der Waals surface area (Å²) in [4.78, 5) is 18.5. The van der Waals surface area contributed by atoms with E-state index in [2.05, 4.69) is 10.3 Å². The van der Waals surface area contributed by atoms with E-state index >= 15 is 0 Å². The van der Waals surface area contributed by atoms with E-state index in [1.165, 1.54) is 18.2 Å². The standard InChI is InChI=1S/C29H29F6N3O5/c1-4-6-19-14-20(27(40,28(30,31)32)29(33,34)35)9-11-23(19)43-22-8-5-7-18(13-22)16-38-17-42-26(2,37-25(38)39)21-10-12-24(41-3)36-15-21/h5,7-15,40H,4,6,16-17H2,1-3H3,(H,37,39). The van der Waals surface area contributed by atoms with E-state index in [1.807, 2.05) is 0 Å². The second-order valence-electron chi connectivity index (χ2n) is 10.1. The molecular formula is C29H29F6N3O5. The molecule has 2 aromatic carbocycles. The van der Waals surface area contributed by atoms with Gasteiger partial charge in [0, 0.05) is 29.9 Å². The number of urea groups is 1. The Labute approximate surface area is 243 Å². The maximum atomic E-state index is 13.4. The van der Waals surface area contributed by atoms with Crippen molar-refractivity contribution in [3.63, 3.8) is 0 Å². The largest absolute Gasteiger partial charge is 0.481 e. The van der Waals surface area contributed by atoms with Gasteiger partial charge in [0.25, 0.3) is 5.60 Å². The number of pyridine rings is 1. The molecule has 3 aromatic rings. The Bertz CT molecular complexity index is 1430. The summed E-state index contributed by atoms with van der Waals surface area (Å²) in [5.74, 6) is 0.662. The zero-order valence-corrected chi connectivity index (χ0v) is 23.3. The normalized spacial score (nSPS) is 17.9. The highest BCUT2D eigenvalue weighted by molar-refractivity contribution is 5.75. The van der Waals surface area contributed by atoms with Crippen LogP contribution in [0.2, 0.25) is 0 Å². The number of aromatic nitrogens is 1. The number of carbonyl (C=O) groups excluding carboxylic acids is 1. The quantitative estimate of drug-likeness (QED) is 0.267. The highest BCUT2D eigenvalue weighted by atomic mass is 19.4. The number of alkyl halides is 6. The Hall–Kier alpha value is -4.04. The SMILES string of the molecule is CCCc1cc(C(O)(C(F)(F)F)C(F)(F)F)ccc1Oc1cccc(CN2COC(C)(c3ccc(OC)nc3)NC2=O)c1. The molecule has 1 atom stereocenters. The van der Waals surface area contributed by atoms with Gasteiger partial charge in [-0.25, -0.2) is 9.78 Å². The minimum Gasteiger partial charge on any atom is -0.481 e. The Kier molecular flexibility index (Phi) is 8.84. The molecule has 43 heavy (non-hydrogen) atoms. The fraction of sp³-hybridized carbons (Fsp3) is 0.379. The van der Waals surface area contributed by atoms with Gasteiger partial charge < -0.3 is 24.6 Å². The molecule has 1 fully saturated rings. The molecule has 4 rings (SSSR count). The molecule has 0 aliphatic carbocycles. The smallest absolute Gasteiger partial charge is 0.430 e. The Morgan fingerprint density at radius 1 is 1.07 bits per heavy atom. The molecule has 0 spiro atoms. The molecule has 0 radical (unpaired) electrons. The van der Waals surface area contributed by atoms with Crippen LogP contribution in [-0.4, -0.2) is 47.2 Å². The van der Waals surface area contributed by atoms with Gasteiger partial charge >= 0.3 is 18.4 Å². The Morgan fingerprint density at radius 2 is 1.79 bits per heavy atom. The van der Waals surface area contributed by atoms with Crippen molar-refractivity contribution in [1.82, 2.24) is 15.2 Å². The average Bonchev–Trinajstić information content (AvgIpc) is 2.94. The van der Waals surface area contributed by atoms with Crippen molar-refractivity contribution in [3.8, 4) is 17.4 Å². The highest BCUT2D eigenvalue weighted by Gasteiger charge is 2.71. The van der Waals surface area contributed by atoms with Gasteiger partial charge in [-0.1, -0.05) is 31.5 Å². The molecule has 8 nitrogen and oxygen atoms in total. The first kappa shape index (κ1) is 31.9. The molecule has 1 aromatic heterocycles. The predicted molar refractivity (Wildman–Crippen MR) is 141 cm³/mol. The van der Waals surface area contributed by atoms with Crippen LogP contribution in [0, 0.1) is 0 Å². The number of ether oxygens (including phenoxy) is 3. The number of aliphatic hydroxyl groups is 1. The molecule has 2 heterocycles. The lowest BCUT2D eigenvalue weighted by Crippen LogP contribution is -2.57. The monoisotopic (exact) mass is 613 g/mol. The summed E-state index contributed by atoms with van der Waals surface area (Å²) in [6.45, 7) is 3.41. The lowest BCUT2D eigenvalue weighted by molar-refractivity contribution is -0.376. The number of hydrogen-bond acceptors (Lipinski definition) is 6. The molecule has 1 unspecified atom stereocenters. The third-order valence-corrected chi connectivity index (χ3v) is 6.96. The lowest BCUT2D eigenvalue weighted by atomic mass is 9.90. The van der Waals surface area contributed by atoms with Crippen molar-refractivity contribution in [2.75, 3.05) is 13.8 Å². The van der Waals surface area contributed by atoms with Gasteiger partial charge in [-0.2, -0.15) is 26.3 Å². The molecule has 2 N–H and O–H groups in total. The Balaban J connectivity index is 1.51. The average molecular weight is 614 g/mol. The first-order chi connectivity index (χ1) is 20.1. The van der Waals surface area contributed by atoms with Gasteiger partial charge in [0.05, 0.1) is 7.11 Å². The van der Waals surface area contributed by atoms with Crippen LogP contribution in [0.5, 0.6) is 17.4 Å². The van der Waals surface area contributed by atoms with Crippen LogP contribution in [0.25, 0.3) is 0 Å². The van der Waals surface area contributed by atoms with Crippen LogP contribution in [-0.2, 0) is 29.0 Å². The van der Waals surface area contributed by atoms with Crippen LogP contribution in [0.1, 0.15) is 42.5 Å². The summed E-state index contributed by atoms with van der Waals surface area (Å²) < 4.78 is 97.4. The van der Waals surface area contributed by atoms with Crippen LogP contribution in [0.15, 0.2) is 60.8 Å². The van der Waals surface area contributed by atoms with Gasteiger partial charge in [-0.05, 0) is 54.8 Å². The van der Waals surface area contributed by atoms with Crippen molar-refractivity contribution in [2.24, 2.45) is 0 Å². The number of rotatable bonds is 9. The fourth-order valence-corrected chi connectivity index (χ4v) is 4.55. The number of methoxy groups -OCH3 is 1. The van der Waals surface area contributed by atoms with Gasteiger partial charge in [0.1, 0.15) is 18.2 Å². The van der Waals surface area contributed by atoms with Crippen molar-refractivity contribution in [1.29, 1.82) is 0 Å². The summed E-state index contributed by atoms with van der Waals surface area (Å²) in [5, 5.41) is 12.6. The van der Waals surface area contributed by atoms with Crippen molar-refractivity contribution < 1.29 is 50.5 Å². The summed E-state index contributed by atoms with van der Waals surface area (Å²) in [6.07, 6.45) is -10.0. The lowest BCUT2D eigenvalue weighted by Gasteiger charge is -2.40. The molecule has 1 saturated heterocycles. The molecule has 14 heteroatoms. The molecule has 1 aliphatic rings. The number of hydrogen-bond donors (Lipinski definition) is 2. The van der Waals surface area contributed by atoms with E-state index in [1.54, 1.807) is 50.2 Å². The molecule has 0 saturated carbocycles. The third kappa shape index (κ3) is 6.49. The van der Waals surface area contributed by atoms with Gasteiger partial charge in [0.2, 0.25) is 5.88 Å². The number of nitrogens with one attached hydrogen (secondary N) is 1. The van der Waals surface area contributed by atoms with Crippen molar-refractivity contribution >= 4 is 6.03 Å². The van der Waals surface area contributed by atoms with E-state index in [-0.39, 0.29) is 36.8 Å². The molecular weight excluding hydrogens is 584 g/mol. The van der Waals surface area contributed by atoms with Crippen molar-refractivity contribution in [3.05, 3.63) is 83.0 Å². The number of benzene rings is 2. The third-order valence-electron chi connectivity index (χ3n) is 6.96. The van der Waals surface area contributed by atoms with E-state index in [4.69, 9.17) is 14.2 Å². The van der Waals surface area contributed by atoms with Crippen LogP contribution in [0.3, 0.4) is 0 Å². The second kappa shape index (κ2) is 11.9. The fourth-order valence-electron chi connectivity index (χ4n) is 4.55. The van der Waals surface area contributed by atoms with E-state index in [9.17, 15) is 36.2 Å². The molecule has 232 valence electrons.